The van der Waals surface area contributed by atoms with E-state index in [4.69, 9.17) is 4.74 Å². The summed E-state index contributed by atoms with van der Waals surface area (Å²) in [6.45, 7) is 5.79. The zero-order valence-electron chi connectivity index (χ0n) is 17.0. The number of aliphatic hydroxyl groups excluding tert-OH is 1. The number of carbonyl (C=O) groups is 2. The van der Waals surface area contributed by atoms with Gasteiger partial charge in [0.2, 0.25) is 0 Å². The van der Waals surface area contributed by atoms with E-state index >= 15 is 0 Å². The quantitative estimate of drug-likeness (QED) is 0.598. The van der Waals surface area contributed by atoms with Crippen molar-refractivity contribution in [1.29, 1.82) is 0 Å². The topological polar surface area (TPSA) is 63.6 Å². The van der Waals surface area contributed by atoms with Crippen molar-refractivity contribution < 1.29 is 19.4 Å². The van der Waals surface area contributed by atoms with Gasteiger partial charge >= 0.3 is 5.97 Å². The second kappa shape index (κ2) is 6.72. The lowest BCUT2D eigenvalue weighted by Crippen LogP contribution is -2.55. The van der Waals surface area contributed by atoms with Crippen LogP contribution in [0.1, 0.15) is 72.1 Å². The van der Waals surface area contributed by atoms with Gasteiger partial charge in [-0.2, -0.15) is 0 Å². The van der Waals surface area contributed by atoms with Crippen LogP contribution < -0.4 is 0 Å². The average molecular weight is 375 g/mol. The minimum atomic E-state index is -0.190. The largest absolute Gasteiger partial charge is 0.463 e. The smallest absolute Gasteiger partial charge is 0.302 e. The number of fused-ring (bicyclic) bond motifs is 5. The standard InChI is InChI=1S/C23H34O4/c1-14(25)19-6-7-20-18-5-4-16-12-17(27-15(2)26)8-11-23(16,13-24)21(18)9-10-22(19,20)3/h7,16-19,21,24H,4-6,8-13H2,1-3H3/t16-,17-,18-,19+,21-,22+,23+/m0/s1. The summed E-state index contributed by atoms with van der Waals surface area (Å²) in [6, 6.07) is 0. The molecule has 4 heteroatoms. The van der Waals surface area contributed by atoms with Gasteiger partial charge in [-0.05, 0) is 86.9 Å². The molecule has 0 aliphatic heterocycles. The third-order valence-corrected chi connectivity index (χ3v) is 8.84. The number of carbonyl (C=O) groups excluding carboxylic acids is 2. The molecule has 4 aliphatic rings. The van der Waals surface area contributed by atoms with Gasteiger partial charge in [0.15, 0.2) is 0 Å². The number of esters is 1. The number of ether oxygens (including phenoxy) is 1. The molecule has 4 aliphatic carbocycles. The minimum absolute atomic E-state index is 0.0189. The monoisotopic (exact) mass is 374 g/mol. The lowest BCUT2D eigenvalue weighted by Gasteiger charge is -2.60. The van der Waals surface area contributed by atoms with Crippen LogP contribution in [0.3, 0.4) is 0 Å². The Labute approximate surface area is 162 Å². The molecule has 0 bridgehead atoms. The van der Waals surface area contributed by atoms with Gasteiger partial charge in [0.1, 0.15) is 11.9 Å². The average Bonchev–Trinajstić information content (AvgIpc) is 2.98. The van der Waals surface area contributed by atoms with Crippen LogP contribution in [0.4, 0.5) is 0 Å². The molecule has 0 amide bonds. The number of hydrogen-bond donors (Lipinski definition) is 1. The first-order valence-corrected chi connectivity index (χ1v) is 10.8. The Hall–Kier alpha value is -1.16. The van der Waals surface area contributed by atoms with E-state index in [1.54, 1.807) is 6.92 Å². The molecule has 4 nitrogen and oxygen atoms in total. The molecular weight excluding hydrogens is 340 g/mol. The lowest BCUT2D eigenvalue weighted by atomic mass is 9.45. The number of hydrogen-bond acceptors (Lipinski definition) is 4. The van der Waals surface area contributed by atoms with Gasteiger partial charge in [0.25, 0.3) is 0 Å². The van der Waals surface area contributed by atoms with Crippen LogP contribution in [0.25, 0.3) is 0 Å². The Morgan fingerprint density at radius 2 is 1.96 bits per heavy atom. The molecule has 0 spiro atoms. The summed E-state index contributed by atoms with van der Waals surface area (Å²) in [5.74, 6) is 1.75. The van der Waals surface area contributed by atoms with Crippen molar-refractivity contribution in [2.45, 2.75) is 78.2 Å². The summed E-state index contributed by atoms with van der Waals surface area (Å²) in [5.41, 5.74) is 1.52. The molecule has 27 heavy (non-hydrogen) atoms. The highest BCUT2D eigenvalue weighted by Gasteiger charge is 2.59. The minimum Gasteiger partial charge on any atom is -0.463 e. The fourth-order valence-electron chi connectivity index (χ4n) is 7.61. The molecule has 0 radical (unpaired) electrons. The van der Waals surface area contributed by atoms with E-state index in [0.29, 0.717) is 23.5 Å². The van der Waals surface area contributed by atoms with Gasteiger partial charge in [0, 0.05) is 19.4 Å². The normalized spacial score (nSPS) is 45.9. The van der Waals surface area contributed by atoms with Gasteiger partial charge in [-0.25, -0.2) is 0 Å². The second-order valence-electron chi connectivity index (χ2n) is 9.90. The molecule has 4 rings (SSSR count). The molecule has 0 heterocycles. The van der Waals surface area contributed by atoms with Crippen molar-refractivity contribution in [3.63, 3.8) is 0 Å². The van der Waals surface area contributed by atoms with E-state index in [1.807, 2.05) is 0 Å². The first-order chi connectivity index (χ1) is 12.8. The third kappa shape index (κ3) is 2.82. The van der Waals surface area contributed by atoms with Crippen LogP contribution in [-0.2, 0) is 14.3 Å². The SMILES string of the molecule is CC(=O)O[C@H]1CC[C@@]2(CO)[C@@H](CC[C@H]3C4=CC[C@H](C(C)=O)[C@@]4(C)CC[C@@H]32)C1. The van der Waals surface area contributed by atoms with E-state index in [-0.39, 0.29) is 35.4 Å². The molecule has 3 saturated carbocycles. The number of allylic oxidation sites excluding steroid dienone is 2. The zero-order valence-corrected chi connectivity index (χ0v) is 17.0. The van der Waals surface area contributed by atoms with Crippen molar-refractivity contribution in [1.82, 2.24) is 0 Å². The van der Waals surface area contributed by atoms with Crippen LogP contribution in [0.5, 0.6) is 0 Å². The Morgan fingerprint density at radius 3 is 2.63 bits per heavy atom. The van der Waals surface area contributed by atoms with Gasteiger partial charge in [0.05, 0.1) is 0 Å². The lowest BCUT2D eigenvalue weighted by molar-refractivity contribution is -0.160. The molecule has 3 fully saturated rings. The van der Waals surface area contributed by atoms with Crippen molar-refractivity contribution in [2.24, 2.45) is 34.5 Å². The molecule has 150 valence electrons. The molecular formula is C23H34O4. The Kier molecular flexibility index (Phi) is 4.77. The zero-order chi connectivity index (χ0) is 19.4. The Balaban J connectivity index is 1.59. The van der Waals surface area contributed by atoms with Crippen molar-refractivity contribution in [2.75, 3.05) is 6.61 Å². The van der Waals surface area contributed by atoms with Crippen LogP contribution in [0.2, 0.25) is 0 Å². The molecule has 7 atom stereocenters. The fraction of sp³-hybridized carbons (Fsp3) is 0.826. The fourth-order valence-corrected chi connectivity index (χ4v) is 7.61. The summed E-state index contributed by atoms with van der Waals surface area (Å²) in [5, 5.41) is 10.5. The van der Waals surface area contributed by atoms with Crippen LogP contribution in [0, 0.1) is 34.5 Å². The molecule has 1 N–H and O–H groups in total. The Morgan fingerprint density at radius 1 is 1.19 bits per heavy atom. The maximum absolute atomic E-state index is 12.2. The summed E-state index contributed by atoms with van der Waals surface area (Å²) < 4.78 is 5.52. The van der Waals surface area contributed by atoms with Crippen molar-refractivity contribution in [3.8, 4) is 0 Å². The molecule has 0 aromatic heterocycles. The molecule has 0 aromatic carbocycles. The van der Waals surface area contributed by atoms with Gasteiger partial charge in [-0.3, -0.25) is 9.59 Å². The summed E-state index contributed by atoms with van der Waals surface area (Å²) >= 11 is 0. The van der Waals surface area contributed by atoms with Crippen LogP contribution in [0.15, 0.2) is 11.6 Å². The first-order valence-electron chi connectivity index (χ1n) is 10.8. The summed E-state index contributed by atoms with van der Waals surface area (Å²) in [7, 11) is 0. The van der Waals surface area contributed by atoms with E-state index in [1.165, 1.54) is 12.5 Å². The predicted molar refractivity (Wildman–Crippen MR) is 103 cm³/mol. The van der Waals surface area contributed by atoms with E-state index in [2.05, 4.69) is 13.0 Å². The van der Waals surface area contributed by atoms with Crippen molar-refractivity contribution in [3.05, 3.63) is 11.6 Å². The molecule has 0 aromatic rings. The first kappa shape index (κ1) is 19.2. The van der Waals surface area contributed by atoms with Gasteiger partial charge in [-0.1, -0.05) is 18.6 Å². The number of ketones is 1. The van der Waals surface area contributed by atoms with E-state index in [0.717, 1.165) is 51.4 Å². The van der Waals surface area contributed by atoms with Gasteiger partial charge < -0.3 is 9.84 Å². The Bertz CT molecular complexity index is 667. The van der Waals surface area contributed by atoms with Gasteiger partial charge in [-0.15, -0.1) is 0 Å². The maximum atomic E-state index is 12.2. The molecule has 0 unspecified atom stereocenters. The number of rotatable bonds is 3. The molecule has 0 saturated heterocycles. The highest BCUT2D eigenvalue weighted by Crippen LogP contribution is 2.66. The van der Waals surface area contributed by atoms with Crippen LogP contribution >= 0.6 is 0 Å². The van der Waals surface area contributed by atoms with E-state index in [9.17, 15) is 14.7 Å². The number of Topliss-reactive ketones (excluding diaryl/α,β-unsaturated/α-hetero) is 1. The summed E-state index contributed by atoms with van der Waals surface area (Å²) in [4.78, 5) is 23.6. The highest BCUT2D eigenvalue weighted by molar-refractivity contribution is 5.80. The highest BCUT2D eigenvalue weighted by atomic mass is 16.5. The predicted octanol–water partition coefficient (Wildman–Crippen LogP) is 4.06. The van der Waals surface area contributed by atoms with Crippen LogP contribution in [-0.4, -0.2) is 29.6 Å². The maximum Gasteiger partial charge on any atom is 0.302 e. The summed E-state index contributed by atoms with van der Waals surface area (Å²) in [6.07, 6.45) is 10.4. The van der Waals surface area contributed by atoms with E-state index < -0.39 is 0 Å². The third-order valence-electron chi connectivity index (χ3n) is 8.84. The number of aliphatic hydroxyl groups is 1. The second-order valence-corrected chi connectivity index (χ2v) is 9.90. The van der Waals surface area contributed by atoms with Crippen molar-refractivity contribution >= 4 is 11.8 Å².